The van der Waals surface area contributed by atoms with Gasteiger partial charge in [0.15, 0.2) is 0 Å². The van der Waals surface area contributed by atoms with E-state index in [1.807, 2.05) is 0 Å². The van der Waals surface area contributed by atoms with E-state index in [1.165, 1.54) is 38.5 Å². The van der Waals surface area contributed by atoms with Gasteiger partial charge in [0.1, 0.15) is 0 Å². The van der Waals surface area contributed by atoms with Gasteiger partial charge in [0.2, 0.25) is 5.91 Å². The third kappa shape index (κ3) is 2.74. The summed E-state index contributed by atoms with van der Waals surface area (Å²) in [4.78, 5) is 14.9. The van der Waals surface area contributed by atoms with Crippen LogP contribution in [-0.2, 0) is 4.79 Å². The molecule has 1 aliphatic heterocycles. The smallest absolute Gasteiger partial charge is 0.225 e. The van der Waals surface area contributed by atoms with Crippen LogP contribution >= 0.6 is 0 Å². The lowest BCUT2D eigenvalue weighted by molar-refractivity contribution is -0.140. The molecule has 3 nitrogen and oxygen atoms in total. The van der Waals surface area contributed by atoms with Crippen molar-refractivity contribution in [2.75, 3.05) is 13.1 Å². The first-order valence-corrected chi connectivity index (χ1v) is 8.64. The van der Waals surface area contributed by atoms with E-state index in [2.05, 4.69) is 11.8 Å². The molecule has 1 heterocycles. The van der Waals surface area contributed by atoms with E-state index in [4.69, 9.17) is 5.73 Å². The Kier molecular flexibility index (Phi) is 4.07. The fraction of sp³-hybridized carbons (Fsp3) is 0.941. The lowest BCUT2D eigenvalue weighted by atomic mass is 9.75. The van der Waals surface area contributed by atoms with E-state index in [1.54, 1.807) is 0 Å². The highest BCUT2D eigenvalue weighted by atomic mass is 16.2. The molecule has 2 N–H and O–H groups in total. The lowest BCUT2D eigenvalue weighted by Crippen LogP contribution is -2.47. The predicted octanol–water partition coefficient (Wildman–Crippen LogP) is 2.93. The number of piperidine rings is 1. The summed E-state index contributed by atoms with van der Waals surface area (Å²) in [6, 6.07) is 0.317. The minimum atomic E-state index is 0.243. The van der Waals surface area contributed by atoms with Crippen LogP contribution in [0.2, 0.25) is 0 Å². The zero-order chi connectivity index (χ0) is 14.2. The monoisotopic (exact) mass is 278 g/mol. The van der Waals surface area contributed by atoms with Gasteiger partial charge in [-0.15, -0.1) is 0 Å². The number of nitrogens with two attached hydrogens (primary N) is 1. The van der Waals surface area contributed by atoms with Crippen molar-refractivity contribution in [2.45, 2.75) is 70.8 Å². The molecular weight excluding hydrogens is 248 g/mol. The van der Waals surface area contributed by atoms with Crippen molar-refractivity contribution in [1.29, 1.82) is 0 Å². The van der Waals surface area contributed by atoms with E-state index in [0.717, 1.165) is 32.4 Å². The second-order valence-electron chi connectivity index (χ2n) is 7.69. The molecule has 1 spiro atoms. The average Bonchev–Trinajstić information content (AvgIpc) is 2.87. The molecule has 2 saturated carbocycles. The summed E-state index contributed by atoms with van der Waals surface area (Å²) in [5.41, 5.74) is 6.63. The summed E-state index contributed by atoms with van der Waals surface area (Å²) >= 11 is 0. The molecule has 0 bridgehead atoms. The Morgan fingerprint density at radius 3 is 2.35 bits per heavy atom. The summed E-state index contributed by atoms with van der Waals surface area (Å²) in [5.74, 6) is 1.14. The average molecular weight is 278 g/mol. The molecule has 1 saturated heterocycles. The second kappa shape index (κ2) is 5.67. The van der Waals surface area contributed by atoms with Crippen molar-refractivity contribution in [3.05, 3.63) is 0 Å². The zero-order valence-corrected chi connectivity index (χ0v) is 12.9. The fourth-order valence-corrected chi connectivity index (χ4v) is 4.87. The van der Waals surface area contributed by atoms with Crippen molar-refractivity contribution in [3.8, 4) is 0 Å². The van der Waals surface area contributed by atoms with Gasteiger partial charge in [-0.1, -0.05) is 19.8 Å². The molecule has 20 heavy (non-hydrogen) atoms. The first-order valence-electron chi connectivity index (χ1n) is 8.64. The van der Waals surface area contributed by atoms with Crippen molar-refractivity contribution >= 4 is 5.91 Å². The Morgan fingerprint density at radius 2 is 1.75 bits per heavy atom. The molecule has 0 radical (unpaired) electrons. The molecule has 3 fully saturated rings. The molecule has 2 aliphatic carbocycles. The summed E-state index contributed by atoms with van der Waals surface area (Å²) in [6.45, 7) is 4.23. The topological polar surface area (TPSA) is 46.3 Å². The highest BCUT2D eigenvalue weighted by Crippen LogP contribution is 2.46. The molecule has 1 amide bonds. The maximum Gasteiger partial charge on any atom is 0.225 e. The third-order valence-electron chi connectivity index (χ3n) is 6.33. The molecule has 3 unspecified atom stereocenters. The molecule has 3 heteroatoms. The Bertz CT molecular complexity index is 352. The fourth-order valence-electron chi connectivity index (χ4n) is 4.87. The number of nitrogens with zero attached hydrogens (tertiary/aromatic N) is 1. The van der Waals surface area contributed by atoms with Crippen molar-refractivity contribution in [2.24, 2.45) is 23.0 Å². The number of rotatable bonds is 1. The number of carbonyl (C=O) groups is 1. The summed E-state index contributed by atoms with van der Waals surface area (Å²) in [7, 11) is 0. The minimum absolute atomic E-state index is 0.243. The van der Waals surface area contributed by atoms with Gasteiger partial charge in [-0.25, -0.2) is 0 Å². The van der Waals surface area contributed by atoms with Crippen LogP contribution in [0.3, 0.4) is 0 Å². The molecule has 3 rings (SSSR count). The van der Waals surface area contributed by atoms with Crippen LogP contribution in [-0.4, -0.2) is 29.9 Å². The van der Waals surface area contributed by atoms with Crippen molar-refractivity contribution in [3.63, 3.8) is 0 Å². The largest absolute Gasteiger partial charge is 0.342 e. The quantitative estimate of drug-likeness (QED) is 0.801. The van der Waals surface area contributed by atoms with Gasteiger partial charge >= 0.3 is 0 Å². The van der Waals surface area contributed by atoms with Gasteiger partial charge in [-0.3, -0.25) is 4.79 Å². The Morgan fingerprint density at radius 1 is 1.10 bits per heavy atom. The van der Waals surface area contributed by atoms with Crippen LogP contribution in [0.15, 0.2) is 0 Å². The molecule has 0 aromatic carbocycles. The Balaban J connectivity index is 1.56. The Hall–Kier alpha value is -0.570. The molecular formula is C17H30N2O. The van der Waals surface area contributed by atoms with Crippen LogP contribution in [0.1, 0.15) is 64.7 Å². The van der Waals surface area contributed by atoms with Crippen LogP contribution in [0.4, 0.5) is 0 Å². The first kappa shape index (κ1) is 14.4. The second-order valence-corrected chi connectivity index (χ2v) is 7.69. The number of hydrogen-bond acceptors (Lipinski definition) is 2. The van der Waals surface area contributed by atoms with E-state index < -0.39 is 0 Å². The van der Waals surface area contributed by atoms with Gasteiger partial charge in [0.05, 0.1) is 0 Å². The van der Waals surface area contributed by atoms with Gasteiger partial charge in [-0.2, -0.15) is 0 Å². The number of amides is 1. The molecule has 3 atom stereocenters. The Labute approximate surface area is 123 Å². The molecule has 114 valence electrons. The van der Waals surface area contributed by atoms with Crippen LogP contribution in [0, 0.1) is 17.3 Å². The third-order valence-corrected chi connectivity index (χ3v) is 6.33. The highest BCUT2D eigenvalue weighted by Gasteiger charge is 2.40. The maximum absolute atomic E-state index is 12.8. The van der Waals surface area contributed by atoms with E-state index >= 15 is 0 Å². The number of hydrogen-bond donors (Lipinski definition) is 1. The van der Waals surface area contributed by atoms with Crippen molar-refractivity contribution in [1.82, 2.24) is 4.90 Å². The lowest BCUT2D eigenvalue weighted by Gasteiger charge is -2.42. The summed E-state index contributed by atoms with van der Waals surface area (Å²) in [5, 5.41) is 0. The first-order chi connectivity index (χ1) is 9.60. The van der Waals surface area contributed by atoms with Crippen LogP contribution in [0.25, 0.3) is 0 Å². The van der Waals surface area contributed by atoms with Gasteiger partial charge < -0.3 is 10.6 Å². The molecule has 0 aromatic heterocycles. The summed E-state index contributed by atoms with van der Waals surface area (Å²) < 4.78 is 0. The van der Waals surface area contributed by atoms with E-state index in [9.17, 15) is 4.79 Å². The normalized spacial score (nSPS) is 37.3. The van der Waals surface area contributed by atoms with Gasteiger partial charge in [-0.05, 0) is 56.3 Å². The predicted molar refractivity (Wildman–Crippen MR) is 81.2 cm³/mol. The van der Waals surface area contributed by atoms with Gasteiger partial charge in [0, 0.05) is 25.0 Å². The molecule has 0 aromatic rings. The highest BCUT2D eigenvalue weighted by molar-refractivity contribution is 5.79. The van der Waals surface area contributed by atoms with Crippen molar-refractivity contribution < 1.29 is 4.79 Å². The maximum atomic E-state index is 12.8. The SMILES string of the molecule is CC1CC(N)CCC1C(=O)N1CCC2(CCCC2)CC1. The molecule has 3 aliphatic rings. The van der Waals surface area contributed by atoms with E-state index in [-0.39, 0.29) is 5.92 Å². The van der Waals surface area contributed by atoms with Crippen LogP contribution in [0.5, 0.6) is 0 Å². The summed E-state index contributed by atoms with van der Waals surface area (Å²) in [6.07, 6.45) is 11.2. The zero-order valence-electron chi connectivity index (χ0n) is 12.9. The number of likely N-dealkylation sites (tertiary alicyclic amines) is 1. The van der Waals surface area contributed by atoms with E-state index in [0.29, 0.717) is 23.3 Å². The minimum Gasteiger partial charge on any atom is -0.342 e. The standard InChI is InChI=1S/C17H30N2O/c1-13-12-14(18)4-5-15(13)16(20)19-10-8-17(9-11-19)6-2-3-7-17/h13-15H,2-12,18H2,1H3. The van der Waals surface area contributed by atoms with Crippen LogP contribution < -0.4 is 5.73 Å². The van der Waals surface area contributed by atoms with Gasteiger partial charge in [0.25, 0.3) is 0 Å². The number of carbonyl (C=O) groups excluding carboxylic acids is 1.